The molecule has 0 aliphatic carbocycles. The molecule has 0 unspecified atom stereocenters. The number of oxazole rings is 1. The molecule has 0 saturated heterocycles. The monoisotopic (exact) mass is 179 g/mol. The zero-order chi connectivity index (χ0) is 9.42. The van der Waals surface area contributed by atoms with Crippen molar-refractivity contribution < 1.29 is 13.9 Å². The van der Waals surface area contributed by atoms with Gasteiger partial charge >= 0.3 is 12.0 Å². The largest absolute Gasteiger partial charge is 0.477 e. The molecule has 1 N–H and O–H groups in total. The number of anilines is 1. The van der Waals surface area contributed by atoms with Crippen LogP contribution in [-0.4, -0.2) is 19.2 Å². The summed E-state index contributed by atoms with van der Waals surface area (Å²) in [5, 5.41) is 9.43. The standard InChI is InChI=1S/C9H10N2O2/c1-10(2)9-11-6-4-3-5-7(11)8(12)13-9/h3-6H,1-2H3/p+1. The van der Waals surface area contributed by atoms with E-state index in [4.69, 9.17) is 4.42 Å². The lowest BCUT2D eigenvalue weighted by molar-refractivity contribution is -0.502. The number of aromatic hydroxyl groups is 1. The minimum Gasteiger partial charge on any atom is -0.477 e. The summed E-state index contributed by atoms with van der Waals surface area (Å²) in [7, 11) is 3.72. The van der Waals surface area contributed by atoms with E-state index in [-0.39, 0.29) is 5.95 Å². The van der Waals surface area contributed by atoms with Gasteiger partial charge in [-0.15, -0.1) is 0 Å². The van der Waals surface area contributed by atoms with Crippen LogP contribution in [0.5, 0.6) is 5.95 Å². The number of fused-ring (bicyclic) bond motifs is 1. The lowest BCUT2D eigenvalue weighted by Gasteiger charge is -1.97. The summed E-state index contributed by atoms with van der Waals surface area (Å²) in [6.07, 6.45) is 1.84. The van der Waals surface area contributed by atoms with Crippen molar-refractivity contribution in [3.63, 3.8) is 0 Å². The lowest BCUT2D eigenvalue weighted by atomic mass is 10.4. The first kappa shape index (κ1) is 7.91. The van der Waals surface area contributed by atoms with Gasteiger partial charge in [0.25, 0.3) is 0 Å². The fourth-order valence-electron chi connectivity index (χ4n) is 1.28. The molecule has 0 radical (unpaired) electrons. The van der Waals surface area contributed by atoms with E-state index in [0.717, 1.165) is 0 Å². The Balaban J connectivity index is 2.78. The molecule has 0 aliphatic rings. The third-order valence-corrected chi connectivity index (χ3v) is 1.86. The van der Waals surface area contributed by atoms with E-state index >= 15 is 0 Å². The van der Waals surface area contributed by atoms with E-state index in [1.807, 2.05) is 32.4 Å². The minimum absolute atomic E-state index is 0.0516. The molecule has 13 heavy (non-hydrogen) atoms. The van der Waals surface area contributed by atoms with Gasteiger partial charge in [-0.1, -0.05) is 6.07 Å². The Hall–Kier alpha value is -1.71. The maximum atomic E-state index is 9.43. The van der Waals surface area contributed by atoms with Gasteiger partial charge in [-0.25, -0.2) is 4.90 Å². The molecule has 4 nitrogen and oxygen atoms in total. The van der Waals surface area contributed by atoms with Crippen LogP contribution in [0.15, 0.2) is 28.8 Å². The lowest BCUT2D eigenvalue weighted by Crippen LogP contribution is -2.27. The van der Waals surface area contributed by atoms with E-state index in [1.54, 1.807) is 15.4 Å². The topological polar surface area (TPSA) is 40.7 Å². The summed E-state index contributed by atoms with van der Waals surface area (Å²) in [5.41, 5.74) is 0.672. The van der Waals surface area contributed by atoms with Gasteiger partial charge in [-0.05, 0) is 12.1 Å². The summed E-state index contributed by atoms with van der Waals surface area (Å²) >= 11 is 0. The van der Waals surface area contributed by atoms with Gasteiger partial charge in [0.1, 0.15) is 6.20 Å². The molecule has 0 saturated carbocycles. The molecule has 2 aromatic heterocycles. The van der Waals surface area contributed by atoms with Crippen LogP contribution in [0.1, 0.15) is 0 Å². The molecule has 0 atom stereocenters. The summed E-state index contributed by atoms with van der Waals surface area (Å²) in [5.74, 6) is -0.0516. The highest BCUT2D eigenvalue weighted by atomic mass is 16.5. The van der Waals surface area contributed by atoms with Crippen molar-refractivity contribution in [2.75, 3.05) is 19.0 Å². The van der Waals surface area contributed by atoms with Crippen LogP contribution in [0.4, 0.5) is 6.01 Å². The average molecular weight is 179 g/mol. The first-order valence-electron chi connectivity index (χ1n) is 3.99. The van der Waals surface area contributed by atoms with Crippen molar-refractivity contribution >= 4 is 11.5 Å². The van der Waals surface area contributed by atoms with Crippen LogP contribution in [0.25, 0.3) is 5.52 Å². The van der Waals surface area contributed by atoms with Crippen molar-refractivity contribution in [2.24, 2.45) is 0 Å². The SMILES string of the molecule is CN(C)c1oc(O)c2cccc[n+]12. The van der Waals surface area contributed by atoms with E-state index in [0.29, 0.717) is 11.5 Å². The fraction of sp³-hybridized carbons (Fsp3) is 0.222. The second kappa shape index (κ2) is 2.65. The van der Waals surface area contributed by atoms with Crippen molar-refractivity contribution in [3.05, 3.63) is 24.4 Å². The third kappa shape index (κ3) is 1.11. The molecular formula is C9H11N2O2+. The number of hydrogen-bond acceptors (Lipinski definition) is 3. The molecule has 0 bridgehead atoms. The molecule has 0 aromatic carbocycles. The molecule has 2 aromatic rings. The van der Waals surface area contributed by atoms with Crippen LogP contribution in [-0.2, 0) is 0 Å². The third-order valence-electron chi connectivity index (χ3n) is 1.86. The number of rotatable bonds is 1. The Kier molecular flexibility index (Phi) is 1.62. The van der Waals surface area contributed by atoms with Gasteiger partial charge in [-0.3, -0.25) is 0 Å². The second-order valence-corrected chi connectivity index (χ2v) is 3.04. The van der Waals surface area contributed by atoms with Gasteiger partial charge in [-0.2, -0.15) is 4.40 Å². The molecule has 0 aliphatic heterocycles. The number of aromatic nitrogens is 1. The highest BCUT2D eigenvalue weighted by Gasteiger charge is 2.20. The molecular weight excluding hydrogens is 168 g/mol. The highest BCUT2D eigenvalue weighted by molar-refractivity contribution is 5.49. The Labute approximate surface area is 75.6 Å². The Bertz CT molecular complexity index is 434. The highest BCUT2D eigenvalue weighted by Crippen LogP contribution is 2.21. The van der Waals surface area contributed by atoms with Gasteiger partial charge in [0.15, 0.2) is 0 Å². The van der Waals surface area contributed by atoms with Crippen molar-refractivity contribution in [2.45, 2.75) is 0 Å². The summed E-state index contributed by atoms with van der Waals surface area (Å²) in [6.45, 7) is 0. The quantitative estimate of drug-likeness (QED) is 0.658. The minimum atomic E-state index is -0.0516. The molecule has 2 rings (SSSR count). The zero-order valence-corrected chi connectivity index (χ0v) is 7.56. The Morgan fingerprint density at radius 1 is 1.38 bits per heavy atom. The smallest absolute Gasteiger partial charge is 0.464 e. The predicted molar refractivity (Wildman–Crippen MR) is 47.9 cm³/mol. The zero-order valence-electron chi connectivity index (χ0n) is 7.56. The van der Waals surface area contributed by atoms with Crippen LogP contribution in [0.2, 0.25) is 0 Å². The van der Waals surface area contributed by atoms with Crippen molar-refractivity contribution in [3.8, 4) is 5.95 Å². The molecule has 68 valence electrons. The predicted octanol–water partition coefficient (Wildman–Crippen LogP) is 0.790. The average Bonchev–Trinajstić information content (AvgIpc) is 2.45. The van der Waals surface area contributed by atoms with E-state index < -0.39 is 0 Å². The number of hydrogen-bond donors (Lipinski definition) is 1. The summed E-state index contributed by atoms with van der Waals surface area (Å²) in [6, 6.07) is 6.14. The molecule has 0 amide bonds. The molecule has 0 fully saturated rings. The van der Waals surface area contributed by atoms with E-state index in [9.17, 15) is 5.11 Å². The molecule has 0 spiro atoms. The maximum Gasteiger partial charge on any atom is 0.464 e. The first-order chi connectivity index (χ1) is 6.20. The maximum absolute atomic E-state index is 9.43. The second-order valence-electron chi connectivity index (χ2n) is 3.04. The van der Waals surface area contributed by atoms with Crippen LogP contribution < -0.4 is 9.30 Å². The Morgan fingerprint density at radius 3 is 2.85 bits per heavy atom. The van der Waals surface area contributed by atoms with Crippen molar-refractivity contribution in [1.29, 1.82) is 0 Å². The van der Waals surface area contributed by atoms with Gasteiger partial charge in [0.2, 0.25) is 5.52 Å². The van der Waals surface area contributed by atoms with E-state index in [2.05, 4.69) is 0 Å². The van der Waals surface area contributed by atoms with Crippen LogP contribution >= 0.6 is 0 Å². The molecule has 2 heterocycles. The first-order valence-corrected chi connectivity index (χ1v) is 3.99. The van der Waals surface area contributed by atoms with Gasteiger partial charge < -0.3 is 9.52 Å². The van der Waals surface area contributed by atoms with Crippen molar-refractivity contribution in [1.82, 2.24) is 0 Å². The molecule has 4 heteroatoms. The van der Waals surface area contributed by atoms with E-state index in [1.165, 1.54) is 0 Å². The van der Waals surface area contributed by atoms with Crippen LogP contribution in [0, 0.1) is 0 Å². The van der Waals surface area contributed by atoms with Gasteiger partial charge in [0, 0.05) is 0 Å². The number of nitrogens with zero attached hydrogens (tertiary/aromatic N) is 2. The van der Waals surface area contributed by atoms with Gasteiger partial charge in [0.05, 0.1) is 14.1 Å². The summed E-state index contributed by atoms with van der Waals surface area (Å²) in [4.78, 5) is 1.80. The fourth-order valence-corrected chi connectivity index (χ4v) is 1.28. The Morgan fingerprint density at radius 2 is 2.15 bits per heavy atom. The number of pyridine rings is 1. The van der Waals surface area contributed by atoms with Crippen LogP contribution in [0.3, 0.4) is 0 Å². The normalized spacial score (nSPS) is 10.6. The summed E-state index contributed by atoms with van der Waals surface area (Å²) < 4.78 is 6.96.